The van der Waals surface area contributed by atoms with Crippen molar-refractivity contribution in [2.45, 2.75) is 12.5 Å². The molecule has 0 aliphatic carbocycles. The molecule has 5 rings (SSSR count). The van der Waals surface area contributed by atoms with E-state index in [1.807, 2.05) is 60.8 Å². The molecule has 0 radical (unpaired) electrons. The summed E-state index contributed by atoms with van der Waals surface area (Å²) in [4.78, 5) is 9.11. The molecule has 0 saturated heterocycles. The Bertz CT molecular complexity index is 1910. The van der Waals surface area contributed by atoms with Crippen LogP contribution >= 0.6 is 0 Å². The molecule has 3 aromatic carbocycles. The van der Waals surface area contributed by atoms with E-state index in [0.29, 0.717) is 23.4 Å². The SMILES string of the molecule is C=C/C(=C\C(N)C#N)C/C=C\C(=C/N)c1c2ccccc2c(-c2ccc(-c3cc(C#N)ccn3)nc2)c2ccccc12. The van der Waals surface area contributed by atoms with Crippen LogP contribution in [0.2, 0.25) is 0 Å². The number of hydrogen-bond donors (Lipinski definition) is 2. The average molecular weight is 545 g/mol. The largest absolute Gasteiger partial charge is 0.404 e. The minimum atomic E-state index is -0.682. The van der Waals surface area contributed by atoms with Crippen LogP contribution in [0.15, 0.2) is 128 Å². The summed E-state index contributed by atoms with van der Waals surface area (Å²) < 4.78 is 0. The second-order valence-corrected chi connectivity index (χ2v) is 9.64. The van der Waals surface area contributed by atoms with E-state index in [-0.39, 0.29) is 0 Å². The molecule has 2 aromatic heterocycles. The van der Waals surface area contributed by atoms with Gasteiger partial charge in [0, 0.05) is 24.2 Å². The molecule has 2 heterocycles. The van der Waals surface area contributed by atoms with Gasteiger partial charge in [0.05, 0.1) is 29.1 Å². The van der Waals surface area contributed by atoms with E-state index in [1.54, 1.807) is 36.7 Å². The summed E-state index contributed by atoms with van der Waals surface area (Å²) in [5.41, 5.74) is 18.7. The lowest BCUT2D eigenvalue weighted by Gasteiger charge is -2.18. The highest BCUT2D eigenvalue weighted by molar-refractivity contribution is 6.19. The number of benzene rings is 3. The van der Waals surface area contributed by atoms with E-state index in [9.17, 15) is 5.26 Å². The van der Waals surface area contributed by atoms with Crippen LogP contribution in [0, 0.1) is 22.7 Å². The first-order valence-electron chi connectivity index (χ1n) is 13.4. The first-order valence-corrected chi connectivity index (χ1v) is 13.4. The lowest BCUT2D eigenvalue weighted by Crippen LogP contribution is -2.13. The number of nitrogens with two attached hydrogens (primary N) is 2. The molecule has 4 N–H and O–H groups in total. The van der Waals surface area contributed by atoms with Crippen molar-refractivity contribution < 1.29 is 0 Å². The van der Waals surface area contributed by atoms with E-state index in [0.717, 1.165) is 49.4 Å². The number of nitrogens with zero attached hydrogens (tertiary/aromatic N) is 4. The number of aromatic nitrogens is 2. The number of fused-ring (bicyclic) bond motifs is 2. The minimum absolute atomic E-state index is 0.541. The lowest BCUT2D eigenvalue weighted by atomic mass is 9.86. The molecular weight excluding hydrogens is 516 g/mol. The molecule has 6 heteroatoms. The summed E-state index contributed by atoms with van der Waals surface area (Å²) in [6.45, 7) is 3.85. The van der Waals surface area contributed by atoms with Crippen molar-refractivity contribution in [3.63, 3.8) is 0 Å². The fourth-order valence-electron chi connectivity index (χ4n) is 5.12. The Morgan fingerprint density at radius 1 is 0.905 bits per heavy atom. The number of nitriles is 2. The Morgan fingerprint density at radius 3 is 2.17 bits per heavy atom. The van der Waals surface area contributed by atoms with Crippen molar-refractivity contribution in [2.75, 3.05) is 0 Å². The first-order chi connectivity index (χ1) is 20.6. The maximum Gasteiger partial charge on any atom is 0.112 e. The van der Waals surface area contributed by atoms with Crippen LogP contribution in [-0.4, -0.2) is 16.0 Å². The molecule has 0 saturated carbocycles. The third-order valence-electron chi connectivity index (χ3n) is 7.06. The van der Waals surface area contributed by atoms with Gasteiger partial charge >= 0.3 is 0 Å². The smallest absolute Gasteiger partial charge is 0.112 e. The fraction of sp³-hybridized carbons (Fsp3) is 0.0556. The Labute approximate surface area is 244 Å². The molecule has 0 aliphatic heterocycles. The van der Waals surface area contributed by atoms with E-state index in [1.165, 1.54) is 0 Å². The van der Waals surface area contributed by atoms with Crippen LogP contribution in [0.5, 0.6) is 0 Å². The zero-order valence-electron chi connectivity index (χ0n) is 22.9. The van der Waals surface area contributed by atoms with Crippen LogP contribution < -0.4 is 11.5 Å². The van der Waals surface area contributed by atoms with Gasteiger partial charge in [-0.2, -0.15) is 10.5 Å². The molecule has 202 valence electrons. The summed E-state index contributed by atoms with van der Waals surface area (Å²) in [5.74, 6) is 0. The summed E-state index contributed by atoms with van der Waals surface area (Å²) in [5, 5.41) is 22.6. The molecule has 6 nitrogen and oxygen atoms in total. The molecule has 1 atom stereocenters. The van der Waals surface area contributed by atoms with Crippen molar-refractivity contribution in [2.24, 2.45) is 11.5 Å². The van der Waals surface area contributed by atoms with Gasteiger partial charge in [0.15, 0.2) is 0 Å². The highest BCUT2D eigenvalue weighted by Gasteiger charge is 2.17. The van der Waals surface area contributed by atoms with E-state index >= 15 is 0 Å². The van der Waals surface area contributed by atoms with Gasteiger partial charge in [0.25, 0.3) is 0 Å². The predicted molar refractivity (Wildman–Crippen MR) is 170 cm³/mol. The molecule has 42 heavy (non-hydrogen) atoms. The summed E-state index contributed by atoms with van der Waals surface area (Å²) in [6.07, 6.45) is 13.1. The topological polar surface area (TPSA) is 125 Å². The minimum Gasteiger partial charge on any atom is -0.404 e. The predicted octanol–water partition coefficient (Wildman–Crippen LogP) is 7.20. The van der Waals surface area contributed by atoms with Gasteiger partial charge in [0.2, 0.25) is 0 Å². The van der Waals surface area contributed by atoms with Gasteiger partial charge in [0.1, 0.15) is 6.04 Å². The zero-order chi connectivity index (χ0) is 29.5. The van der Waals surface area contributed by atoms with Crippen molar-refractivity contribution in [3.05, 3.63) is 139 Å². The highest BCUT2D eigenvalue weighted by Crippen LogP contribution is 2.42. The standard InChI is InChI=1S/C36H28N6/c1-2-24(18-28(40)22-39)8-7-9-26(21-38)35-29-10-3-5-12-31(29)36(32-13-6-4-11-30(32)35)27-14-15-33(42-23-27)34-19-25(20-37)16-17-41-34/h2-7,9-19,21,23,28H,1,8,38,40H2/b9-7-,24-18+,26-21+. The van der Waals surface area contributed by atoms with Gasteiger partial charge in [-0.25, -0.2) is 0 Å². The maximum absolute atomic E-state index is 9.27. The summed E-state index contributed by atoms with van der Waals surface area (Å²) in [7, 11) is 0. The molecule has 0 spiro atoms. The average Bonchev–Trinajstić information content (AvgIpc) is 3.05. The van der Waals surface area contributed by atoms with Gasteiger partial charge in [-0.1, -0.05) is 85.5 Å². The molecule has 0 amide bonds. The van der Waals surface area contributed by atoms with Gasteiger partial charge in [-0.05, 0) is 68.4 Å². The van der Waals surface area contributed by atoms with Crippen LogP contribution in [-0.2, 0) is 0 Å². The van der Waals surface area contributed by atoms with Gasteiger partial charge < -0.3 is 11.5 Å². The van der Waals surface area contributed by atoms with Crippen LogP contribution in [0.1, 0.15) is 17.5 Å². The van der Waals surface area contributed by atoms with Crippen molar-refractivity contribution >= 4 is 27.1 Å². The third-order valence-corrected chi connectivity index (χ3v) is 7.06. The summed E-state index contributed by atoms with van der Waals surface area (Å²) in [6, 6.07) is 27.5. The Hall–Kier alpha value is -5.82. The summed E-state index contributed by atoms with van der Waals surface area (Å²) >= 11 is 0. The van der Waals surface area contributed by atoms with Crippen LogP contribution in [0.3, 0.4) is 0 Å². The second kappa shape index (κ2) is 12.6. The Balaban J connectivity index is 1.63. The van der Waals surface area contributed by atoms with E-state index in [4.69, 9.17) is 21.7 Å². The van der Waals surface area contributed by atoms with Crippen molar-refractivity contribution in [1.29, 1.82) is 10.5 Å². The van der Waals surface area contributed by atoms with Crippen LogP contribution in [0.25, 0.3) is 49.6 Å². The van der Waals surface area contributed by atoms with E-state index < -0.39 is 6.04 Å². The molecule has 1 unspecified atom stereocenters. The quantitative estimate of drug-likeness (QED) is 0.157. The van der Waals surface area contributed by atoms with Gasteiger partial charge in [-0.3, -0.25) is 9.97 Å². The van der Waals surface area contributed by atoms with Crippen molar-refractivity contribution in [3.8, 4) is 34.7 Å². The molecule has 5 aromatic rings. The third kappa shape index (κ3) is 5.57. The monoisotopic (exact) mass is 544 g/mol. The molecule has 0 fully saturated rings. The number of allylic oxidation sites excluding steroid dienone is 5. The van der Waals surface area contributed by atoms with Crippen molar-refractivity contribution in [1.82, 2.24) is 9.97 Å². The highest BCUT2D eigenvalue weighted by atomic mass is 14.8. The Kier molecular flexibility index (Phi) is 8.30. The number of rotatable bonds is 8. The first kappa shape index (κ1) is 27.7. The Morgan fingerprint density at radius 2 is 1.60 bits per heavy atom. The molecule has 0 aliphatic rings. The molecule has 0 bridgehead atoms. The maximum atomic E-state index is 9.27. The normalized spacial score (nSPS) is 12.7. The zero-order valence-corrected chi connectivity index (χ0v) is 22.9. The lowest BCUT2D eigenvalue weighted by molar-refractivity contribution is 1.02. The second-order valence-electron chi connectivity index (χ2n) is 9.64. The fourth-order valence-corrected chi connectivity index (χ4v) is 5.12. The van der Waals surface area contributed by atoms with Gasteiger partial charge in [-0.15, -0.1) is 0 Å². The molecular formula is C36H28N6. The number of hydrogen-bond acceptors (Lipinski definition) is 6. The van der Waals surface area contributed by atoms with Crippen LogP contribution in [0.4, 0.5) is 0 Å². The van der Waals surface area contributed by atoms with E-state index in [2.05, 4.69) is 41.9 Å². The number of pyridine rings is 2.